The van der Waals surface area contributed by atoms with Gasteiger partial charge < -0.3 is 10.0 Å². The summed E-state index contributed by atoms with van der Waals surface area (Å²) in [4.78, 5) is 24.9. The summed E-state index contributed by atoms with van der Waals surface area (Å²) in [5.41, 5.74) is 1.06. The third-order valence-electron chi connectivity index (χ3n) is 4.25. The van der Waals surface area contributed by atoms with E-state index in [1.54, 1.807) is 4.90 Å². The number of benzene rings is 2. The molecule has 2 aromatic rings. The maximum Gasteiger partial charge on any atom is 0.308 e. The van der Waals surface area contributed by atoms with Gasteiger partial charge >= 0.3 is 5.97 Å². The van der Waals surface area contributed by atoms with Gasteiger partial charge in [-0.1, -0.05) is 42.5 Å². The second-order valence-corrected chi connectivity index (χ2v) is 5.53. The minimum absolute atomic E-state index is 0.0807. The van der Waals surface area contributed by atoms with Gasteiger partial charge in [-0.3, -0.25) is 9.59 Å². The Bertz CT molecular complexity index is 705. The molecular weight excluding hydrogens is 266 g/mol. The summed E-state index contributed by atoms with van der Waals surface area (Å²) in [5, 5.41) is 11.3. The molecule has 1 heterocycles. The Balaban J connectivity index is 1.96. The second-order valence-electron chi connectivity index (χ2n) is 5.53. The van der Waals surface area contributed by atoms with Crippen molar-refractivity contribution >= 4 is 22.6 Å². The first-order chi connectivity index (χ1) is 10.1. The summed E-state index contributed by atoms with van der Waals surface area (Å²) >= 11 is 0. The van der Waals surface area contributed by atoms with Gasteiger partial charge in [0.25, 0.3) is 0 Å². The maximum absolute atomic E-state index is 12.1. The highest BCUT2D eigenvalue weighted by Gasteiger charge is 2.37. The van der Waals surface area contributed by atoms with E-state index in [4.69, 9.17) is 5.11 Å². The number of aliphatic carboxylic acids is 1. The zero-order chi connectivity index (χ0) is 15.0. The van der Waals surface area contributed by atoms with Crippen LogP contribution in [0.3, 0.4) is 0 Å². The molecule has 1 aliphatic rings. The predicted molar refractivity (Wildman–Crippen MR) is 79.8 cm³/mol. The van der Waals surface area contributed by atoms with Crippen molar-refractivity contribution < 1.29 is 14.7 Å². The van der Waals surface area contributed by atoms with Crippen molar-refractivity contribution in [3.05, 3.63) is 48.0 Å². The lowest BCUT2D eigenvalue weighted by atomic mass is 9.99. The molecule has 1 N–H and O–H groups in total. The van der Waals surface area contributed by atoms with E-state index in [2.05, 4.69) is 0 Å². The zero-order valence-corrected chi connectivity index (χ0v) is 11.8. The van der Waals surface area contributed by atoms with Crippen LogP contribution in [0, 0.1) is 5.92 Å². The number of nitrogens with zero attached hydrogens (tertiary/aromatic N) is 1. The van der Waals surface area contributed by atoms with E-state index < -0.39 is 11.9 Å². The SMILES string of the molecule is C[C@@H](c1cccc2ccccc12)N1CC(C(=O)O)CC1=O. The van der Waals surface area contributed by atoms with Gasteiger partial charge in [-0.05, 0) is 23.3 Å². The molecule has 108 valence electrons. The van der Waals surface area contributed by atoms with Crippen molar-refractivity contribution in [3.63, 3.8) is 0 Å². The van der Waals surface area contributed by atoms with E-state index in [0.717, 1.165) is 16.3 Å². The van der Waals surface area contributed by atoms with Crippen LogP contribution in [-0.4, -0.2) is 28.4 Å². The first-order valence-electron chi connectivity index (χ1n) is 7.08. The number of carboxylic acid groups (broad SMARTS) is 1. The molecule has 1 aliphatic heterocycles. The summed E-state index contributed by atoms with van der Waals surface area (Å²) in [6, 6.07) is 13.9. The van der Waals surface area contributed by atoms with Crippen LogP contribution in [-0.2, 0) is 9.59 Å². The van der Waals surface area contributed by atoms with Crippen LogP contribution >= 0.6 is 0 Å². The van der Waals surface area contributed by atoms with E-state index in [-0.39, 0.29) is 18.4 Å². The number of carbonyl (C=O) groups excluding carboxylic acids is 1. The molecule has 1 saturated heterocycles. The largest absolute Gasteiger partial charge is 0.481 e. The minimum Gasteiger partial charge on any atom is -0.481 e. The Kier molecular flexibility index (Phi) is 3.37. The van der Waals surface area contributed by atoms with Gasteiger partial charge in [0, 0.05) is 13.0 Å². The molecule has 1 unspecified atom stereocenters. The molecular formula is C17H17NO3. The number of hydrogen-bond acceptors (Lipinski definition) is 2. The number of rotatable bonds is 3. The van der Waals surface area contributed by atoms with Gasteiger partial charge in [0.05, 0.1) is 12.0 Å². The Morgan fingerprint density at radius 1 is 1.24 bits per heavy atom. The van der Waals surface area contributed by atoms with Crippen molar-refractivity contribution in [2.24, 2.45) is 5.92 Å². The summed E-state index contributed by atoms with van der Waals surface area (Å²) < 4.78 is 0. The van der Waals surface area contributed by atoms with Crippen molar-refractivity contribution in [1.29, 1.82) is 0 Å². The predicted octanol–water partition coefficient (Wildman–Crippen LogP) is 2.83. The van der Waals surface area contributed by atoms with Crippen molar-refractivity contribution in [2.75, 3.05) is 6.54 Å². The van der Waals surface area contributed by atoms with E-state index in [1.165, 1.54) is 0 Å². The molecule has 4 heteroatoms. The molecule has 1 fully saturated rings. The van der Waals surface area contributed by atoms with Gasteiger partial charge in [0.2, 0.25) is 5.91 Å². The fourth-order valence-electron chi connectivity index (χ4n) is 3.05. The summed E-state index contributed by atoms with van der Waals surface area (Å²) in [6.07, 6.45) is 0.102. The number of hydrogen-bond donors (Lipinski definition) is 1. The Labute approximate surface area is 123 Å². The van der Waals surface area contributed by atoms with Gasteiger partial charge in [0.1, 0.15) is 0 Å². The molecule has 1 amide bonds. The van der Waals surface area contributed by atoms with Crippen molar-refractivity contribution in [1.82, 2.24) is 4.90 Å². The van der Waals surface area contributed by atoms with Crippen LogP contribution in [0.5, 0.6) is 0 Å². The van der Waals surface area contributed by atoms with Crippen LogP contribution < -0.4 is 0 Å². The van der Waals surface area contributed by atoms with Gasteiger partial charge in [-0.2, -0.15) is 0 Å². The molecule has 0 aliphatic carbocycles. The molecule has 0 spiro atoms. The molecule has 0 saturated carbocycles. The van der Waals surface area contributed by atoms with Gasteiger partial charge in [-0.15, -0.1) is 0 Å². The fourth-order valence-corrected chi connectivity index (χ4v) is 3.05. The smallest absolute Gasteiger partial charge is 0.308 e. The number of amides is 1. The molecule has 2 aromatic carbocycles. The van der Waals surface area contributed by atoms with Gasteiger partial charge in [0.15, 0.2) is 0 Å². The average molecular weight is 283 g/mol. The van der Waals surface area contributed by atoms with Crippen molar-refractivity contribution in [2.45, 2.75) is 19.4 Å². The quantitative estimate of drug-likeness (QED) is 0.942. The number of likely N-dealkylation sites (tertiary alicyclic amines) is 1. The third-order valence-corrected chi connectivity index (χ3v) is 4.25. The molecule has 21 heavy (non-hydrogen) atoms. The molecule has 2 atom stereocenters. The lowest BCUT2D eigenvalue weighted by Crippen LogP contribution is -2.29. The second kappa shape index (κ2) is 5.20. The monoisotopic (exact) mass is 283 g/mol. The van der Waals surface area contributed by atoms with Crippen LogP contribution in [0.1, 0.15) is 24.9 Å². The fraction of sp³-hybridized carbons (Fsp3) is 0.294. The lowest BCUT2D eigenvalue weighted by Gasteiger charge is -2.26. The third kappa shape index (κ3) is 2.37. The maximum atomic E-state index is 12.1. The zero-order valence-electron chi connectivity index (χ0n) is 11.8. The molecule has 0 aromatic heterocycles. The van der Waals surface area contributed by atoms with Crippen LogP contribution in [0.25, 0.3) is 10.8 Å². The van der Waals surface area contributed by atoms with Crippen LogP contribution in [0.2, 0.25) is 0 Å². The van der Waals surface area contributed by atoms with E-state index in [9.17, 15) is 9.59 Å². The van der Waals surface area contributed by atoms with E-state index in [1.807, 2.05) is 49.4 Å². The molecule has 4 nitrogen and oxygen atoms in total. The highest BCUT2D eigenvalue weighted by atomic mass is 16.4. The summed E-state index contributed by atoms with van der Waals surface area (Å²) in [6.45, 7) is 2.25. The number of carboxylic acids is 1. The molecule has 0 radical (unpaired) electrons. The summed E-state index contributed by atoms with van der Waals surface area (Å²) in [7, 11) is 0. The Hall–Kier alpha value is -2.36. The highest BCUT2D eigenvalue weighted by molar-refractivity contribution is 5.89. The topological polar surface area (TPSA) is 57.6 Å². The summed E-state index contributed by atoms with van der Waals surface area (Å²) in [5.74, 6) is -1.56. The standard InChI is InChI=1S/C17H17NO3/c1-11(18-10-13(17(20)21)9-16(18)19)14-8-4-6-12-5-2-3-7-15(12)14/h2-8,11,13H,9-10H2,1H3,(H,20,21)/t11-,13?/m0/s1. The average Bonchev–Trinajstić information content (AvgIpc) is 2.88. The van der Waals surface area contributed by atoms with Crippen molar-refractivity contribution in [3.8, 4) is 0 Å². The Morgan fingerprint density at radius 3 is 2.67 bits per heavy atom. The molecule has 0 bridgehead atoms. The minimum atomic E-state index is -0.893. The van der Waals surface area contributed by atoms with E-state index in [0.29, 0.717) is 6.54 Å². The normalized spacial score (nSPS) is 20.0. The van der Waals surface area contributed by atoms with Gasteiger partial charge in [-0.25, -0.2) is 0 Å². The number of carbonyl (C=O) groups is 2. The van der Waals surface area contributed by atoms with Crippen LogP contribution in [0.15, 0.2) is 42.5 Å². The number of fused-ring (bicyclic) bond motifs is 1. The lowest BCUT2D eigenvalue weighted by molar-refractivity contribution is -0.141. The highest BCUT2D eigenvalue weighted by Crippen LogP contribution is 2.32. The Morgan fingerprint density at radius 2 is 1.95 bits per heavy atom. The van der Waals surface area contributed by atoms with E-state index >= 15 is 0 Å². The molecule has 3 rings (SSSR count). The van der Waals surface area contributed by atoms with Crippen LogP contribution in [0.4, 0.5) is 0 Å². The first-order valence-corrected chi connectivity index (χ1v) is 7.08. The first kappa shape index (κ1) is 13.6.